The van der Waals surface area contributed by atoms with E-state index in [1.165, 1.54) is 16.8 Å². The minimum atomic E-state index is -0.739. The van der Waals surface area contributed by atoms with Crippen molar-refractivity contribution in [3.05, 3.63) is 29.3 Å². The van der Waals surface area contributed by atoms with Crippen LogP contribution in [0.3, 0.4) is 0 Å². The number of nitrogens with zero attached hydrogens (tertiary/aromatic N) is 2. The first-order valence-electron chi connectivity index (χ1n) is 7.57. The van der Waals surface area contributed by atoms with Gasteiger partial charge < -0.3 is 14.9 Å². The minimum absolute atomic E-state index is 0.378. The Balaban J connectivity index is 3.07. The van der Waals surface area contributed by atoms with Crippen molar-refractivity contribution >= 4 is 11.7 Å². The maximum atomic E-state index is 11.2. The quantitative estimate of drug-likeness (QED) is 0.800. The lowest BCUT2D eigenvalue weighted by molar-refractivity contribution is -0.140. The van der Waals surface area contributed by atoms with E-state index in [2.05, 4.69) is 41.8 Å². The van der Waals surface area contributed by atoms with Crippen molar-refractivity contribution in [1.82, 2.24) is 4.90 Å². The summed E-state index contributed by atoms with van der Waals surface area (Å²) in [7, 11) is 4.08. The molecule has 0 fully saturated rings. The molecule has 0 radical (unpaired) electrons. The number of aryl methyl sites for hydroxylation is 2. The second kappa shape index (κ2) is 8.03. The Kier molecular flexibility index (Phi) is 6.69. The van der Waals surface area contributed by atoms with Crippen molar-refractivity contribution in [1.29, 1.82) is 0 Å². The molecule has 1 rings (SSSR count). The molecule has 0 saturated carbocycles. The van der Waals surface area contributed by atoms with Crippen LogP contribution < -0.4 is 4.90 Å². The zero-order valence-electron chi connectivity index (χ0n) is 13.9. The highest BCUT2D eigenvalue weighted by Gasteiger charge is 2.19. The first-order valence-corrected chi connectivity index (χ1v) is 7.57. The molecule has 118 valence electrons. The van der Waals surface area contributed by atoms with Crippen LogP contribution in [-0.2, 0) is 11.2 Å². The molecule has 1 aromatic rings. The average Bonchev–Trinajstić information content (AvgIpc) is 2.42. The summed E-state index contributed by atoms with van der Waals surface area (Å²) in [6.07, 6.45) is 0.955. The first kappa shape index (κ1) is 17.5. The Morgan fingerprint density at radius 1 is 1.29 bits per heavy atom. The molecule has 1 N–H and O–H groups in total. The number of para-hydroxylation sites is 1. The van der Waals surface area contributed by atoms with Gasteiger partial charge in [-0.25, -0.2) is 0 Å². The molecule has 0 amide bonds. The number of anilines is 1. The van der Waals surface area contributed by atoms with Crippen LogP contribution in [0.2, 0.25) is 0 Å². The van der Waals surface area contributed by atoms with Crippen molar-refractivity contribution in [3.63, 3.8) is 0 Å². The third-order valence-electron chi connectivity index (χ3n) is 3.75. The van der Waals surface area contributed by atoms with Gasteiger partial charge in [-0.3, -0.25) is 4.79 Å². The summed E-state index contributed by atoms with van der Waals surface area (Å²) in [5, 5.41) is 9.21. The van der Waals surface area contributed by atoms with E-state index in [0.717, 1.165) is 19.5 Å². The van der Waals surface area contributed by atoms with Crippen LogP contribution in [0.1, 0.15) is 25.0 Å². The number of likely N-dealkylation sites (N-methyl/N-ethyl adjacent to an activating group) is 1. The monoisotopic (exact) mass is 292 g/mol. The Labute approximate surface area is 128 Å². The maximum Gasteiger partial charge on any atom is 0.308 e. The molecule has 0 saturated heterocycles. The topological polar surface area (TPSA) is 43.8 Å². The van der Waals surface area contributed by atoms with E-state index in [1.54, 1.807) is 6.92 Å². The molecule has 0 aromatic heterocycles. The van der Waals surface area contributed by atoms with Gasteiger partial charge in [0, 0.05) is 25.3 Å². The molecule has 1 atom stereocenters. The molecule has 21 heavy (non-hydrogen) atoms. The van der Waals surface area contributed by atoms with Crippen molar-refractivity contribution in [3.8, 4) is 0 Å². The second-order valence-corrected chi connectivity index (χ2v) is 5.92. The summed E-state index contributed by atoms with van der Waals surface area (Å²) in [5.41, 5.74) is 3.70. The Hall–Kier alpha value is -1.55. The predicted octanol–water partition coefficient (Wildman–Crippen LogP) is 2.65. The normalized spacial score (nSPS) is 12.5. The number of hydrogen-bond donors (Lipinski definition) is 1. The number of hydrogen-bond acceptors (Lipinski definition) is 3. The highest BCUT2D eigenvalue weighted by atomic mass is 16.4. The largest absolute Gasteiger partial charge is 0.481 e. The zero-order valence-corrected chi connectivity index (χ0v) is 13.9. The molecular weight excluding hydrogens is 264 g/mol. The lowest BCUT2D eigenvalue weighted by atomic mass is 10.0. The SMILES string of the molecule is CCc1cccc(C)c1N(CCN(C)C)CC(C)C(=O)O. The second-order valence-electron chi connectivity index (χ2n) is 5.92. The summed E-state index contributed by atoms with van der Waals surface area (Å²) in [4.78, 5) is 15.6. The van der Waals surface area contributed by atoms with Gasteiger partial charge in [-0.05, 0) is 38.6 Å². The van der Waals surface area contributed by atoms with Crippen LogP contribution in [0.5, 0.6) is 0 Å². The van der Waals surface area contributed by atoms with Crippen LogP contribution in [0.15, 0.2) is 18.2 Å². The van der Waals surface area contributed by atoms with Gasteiger partial charge in [-0.1, -0.05) is 32.0 Å². The van der Waals surface area contributed by atoms with Gasteiger partial charge in [-0.15, -0.1) is 0 Å². The summed E-state index contributed by atoms with van der Waals surface area (Å²) in [5.74, 6) is -1.12. The lowest BCUT2D eigenvalue weighted by Crippen LogP contribution is -2.37. The molecular formula is C17H28N2O2. The van der Waals surface area contributed by atoms with Gasteiger partial charge >= 0.3 is 5.97 Å². The molecule has 0 aliphatic heterocycles. The van der Waals surface area contributed by atoms with Crippen LogP contribution >= 0.6 is 0 Å². The van der Waals surface area contributed by atoms with E-state index in [-0.39, 0.29) is 5.92 Å². The molecule has 0 bridgehead atoms. The molecule has 1 unspecified atom stereocenters. The van der Waals surface area contributed by atoms with Crippen molar-refractivity contribution in [2.24, 2.45) is 5.92 Å². The van der Waals surface area contributed by atoms with Crippen LogP contribution in [0, 0.1) is 12.8 Å². The first-order chi connectivity index (χ1) is 9.86. The Morgan fingerprint density at radius 3 is 2.48 bits per heavy atom. The van der Waals surface area contributed by atoms with Gasteiger partial charge in [0.15, 0.2) is 0 Å². The van der Waals surface area contributed by atoms with Crippen LogP contribution in [0.4, 0.5) is 5.69 Å². The third kappa shape index (κ3) is 5.05. The molecule has 0 spiro atoms. The fourth-order valence-corrected chi connectivity index (χ4v) is 2.48. The summed E-state index contributed by atoms with van der Waals surface area (Å²) in [6.45, 7) is 8.30. The molecule has 1 aromatic carbocycles. The molecule has 0 aliphatic carbocycles. The Morgan fingerprint density at radius 2 is 1.95 bits per heavy atom. The molecule has 0 aliphatic rings. The zero-order chi connectivity index (χ0) is 16.0. The minimum Gasteiger partial charge on any atom is -0.481 e. The van der Waals surface area contributed by atoms with E-state index < -0.39 is 5.97 Å². The van der Waals surface area contributed by atoms with Gasteiger partial charge in [0.2, 0.25) is 0 Å². The van der Waals surface area contributed by atoms with Gasteiger partial charge in [-0.2, -0.15) is 0 Å². The third-order valence-corrected chi connectivity index (χ3v) is 3.75. The fourth-order valence-electron chi connectivity index (χ4n) is 2.48. The molecule has 4 heteroatoms. The van der Waals surface area contributed by atoms with Crippen molar-refractivity contribution in [2.45, 2.75) is 27.2 Å². The standard InChI is InChI=1S/C17H28N2O2/c1-6-15-9-7-8-13(2)16(15)19(11-10-18(4)5)12-14(3)17(20)21/h7-9,14H,6,10-12H2,1-5H3,(H,20,21). The van der Waals surface area contributed by atoms with E-state index in [0.29, 0.717) is 6.54 Å². The van der Waals surface area contributed by atoms with E-state index in [9.17, 15) is 9.90 Å². The highest BCUT2D eigenvalue weighted by Crippen LogP contribution is 2.26. The maximum absolute atomic E-state index is 11.2. The van der Waals surface area contributed by atoms with Crippen molar-refractivity contribution in [2.75, 3.05) is 38.6 Å². The number of benzene rings is 1. The number of carbonyl (C=O) groups is 1. The predicted molar refractivity (Wildman–Crippen MR) is 88.1 cm³/mol. The van der Waals surface area contributed by atoms with Gasteiger partial charge in [0.05, 0.1) is 5.92 Å². The number of carboxylic acids is 1. The summed E-state index contributed by atoms with van der Waals surface area (Å²) in [6, 6.07) is 6.31. The van der Waals surface area contributed by atoms with E-state index in [1.807, 2.05) is 14.1 Å². The van der Waals surface area contributed by atoms with Crippen LogP contribution in [-0.4, -0.2) is 49.7 Å². The summed E-state index contributed by atoms with van der Waals surface area (Å²) < 4.78 is 0. The Bertz CT molecular complexity index is 472. The van der Waals surface area contributed by atoms with Crippen molar-refractivity contribution < 1.29 is 9.90 Å². The molecule has 4 nitrogen and oxygen atoms in total. The van der Waals surface area contributed by atoms with Crippen LogP contribution in [0.25, 0.3) is 0 Å². The number of aliphatic carboxylic acids is 1. The lowest BCUT2D eigenvalue weighted by Gasteiger charge is -2.31. The van der Waals surface area contributed by atoms with E-state index >= 15 is 0 Å². The van der Waals surface area contributed by atoms with E-state index in [4.69, 9.17) is 0 Å². The smallest absolute Gasteiger partial charge is 0.308 e. The van der Waals surface area contributed by atoms with Gasteiger partial charge in [0.25, 0.3) is 0 Å². The average molecular weight is 292 g/mol. The highest BCUT2D eigenvalue weighted by molar-refractivity contribution is 5.71. The fraction of sp³-hybridized carbons (Fsp3) is 0.588. The number of carboxylic acid groups (broad SMARTS) is 1. The number of rotatable bonds is 8. The van der Waals surface area contributed by atoms with Gasteiger partial charge in [0.1, 0.15) is 0 Å². The molecule has 0 heterocycles. The summed E-state index contributed by atoms with van der Waals surface area (Å²) >= 11 is 0.